The lowest BCUT2D eigenvalue weighted by Gasteiger charge is -2.22. The van der Waals surface area contributed by atoms with Crippen molar-refractivity contribution in [3.05, 3.63) is 88.5 Å². The van der Waals surface area contributed by atoms with Crippen molar-refractivity contribution in [3.8, 4) is 0 Å². The summed E-state index contributed by atoms with van der Waals surface area (Å²) in [6.07, 6.45) is 0. The van der Waals surface area contributed by atoms with Gasteiger partial charge in [-0.3, -0.25) is 9.59 Å². The fourth-order valence-electron chi connectivity index (χ4n) is 3.57. The molecule has 1 aliphatic rings. The molecule has 3 aromatic rings. The van der Waals surface area contributed by atoms with Crippen LogP contribution in [0.25, 0.3) is 0 Å². The highest BCUT2D eigenvalue weighted by Gasteiger charge is 2.33. The quantitative estimate of drug-likeness (QED) is 0.533. The number of nitrogen functional groups attached to an aromatic ring is 1. The Morgan fingerprint density at radius 3 is 2.04 bits per heavy atom. The highest BCUT2D eigenvalue weighted by Crippen LogP contribution is 2.36. The van der Waals surface area contributed by atoms with E-state index in [-0.39, 0.29) is 17.1 Å². The lowest BCUT2D eigenvalue weighted by molar-refractivity contribution is 0.0980. The van der Waals surface area contributed by atoms with E-state index in [1.54, 1.807) is 36.4 Å². The van der Waals surface area contributed by atoms with E-state index in [1.807, 2.05) is 38.4 Å². The summed E-state index contributed by atoms with van der Waals surface area (Å²) < 4.78 is 0. The number of nitrogens with one attached hydrogen (secondary N) is 1. The van der Waals surface area contributed by atoms with Crippen LogP contribution in [-0.4, -0.2) is 30.6 Å². The first-order valence-corrected chi connectivity index (χ1v) is 9.07. The second kappa shape index (κ2) is 6.94. The van der Waals surface area contributed by atoms with Gasteiger partial charge < -0.3 is 16.0 Å². The van der Waals surface area contributed by atoms with Gasteiger partial charge >= 0.3 is 0 Å². The number of anilines is 3. The lowest BCUT2D eigenvalue weighted by atomic mass is 9.82. The van der Waals surface area contributed by atoms with Crippen LogP contribution in [0.15, 0.2) is 60.7 Å². The third-order valence-electron chi connectivity index (χ3n) is 4.84. The topological polar surface area (TPSA) is 75.4 Å². The molecule has 0 fully saturated rings. The molecule has 5 nitrogen and oxygen atoms in total. The Kier molecular flexibility index (Phi) is 4.45. The van der Waals surface area contributed by atoms with Crippen LogP contribution in [0.3, 0.4) is 0 Å². The maximum absolute atomic E-state index is 13.1. The third-order valence-corrected chi connectivity index (χ3v) is 4.84. The Morgan fingerprint density at radius 2 is 1.43 bits per heavy atom. The summed E-state index contributed by atoms with van der Waals surface area (Å²) in [5.41, 5.74) is 10.4. The number of ketones is 2. The zero-order valence-corrected chi connectivity index (χ0v) is 15.8. The molecule has 3 aromatic carbocycles. The Hall–Kier alpha value is -3.44. The van der Waals surface area contributed by atoms with Crippen LogP contribution in [0.1, 0.15) is 37.4 Å². The standard InChI is InChI=1S/C23H21N3O2/c1-26(2)13-14-7-9-15(10-8-14)25-19-12-11-18(24)20-21(19)23(28)17-6-4-3-5-16(17)22(20)27/h3-12,25H,13,24H2,1-2H3. The van der Waals surface area contributed by atoms with Crippen LogP contribution in [-0.2, 0) is 6.54 Å². The largest absolute Gasteiger partial charge is 0.398 e. The zero-order valence-electron chi connectivity index (χ0n) is 15.8. The number of rotatable bonds is 4. The molecule has 0 aliphatic heterocycles. The predicted molar refractivity (Wildman–Crippen MR) is 111 cm³/mol. The second-order valence-electron chi connectivity index (χ2n) is 7.22. The minimum absolute atomic E-state index is 0.191. The fraction of sp³-hybridized carbons (Fsp3) is 0.130. The number of hydrogen-bond acceptors (Lipinski definition) is 5. The van der Waals surface area contributed by atoms with E-state index in [9.17, 15) is 9.59 Å². The van der Waals surface area contributed by atoms with Gasteiger partial charge in [-0.15, -0.1) is 0 Å². The molecule has 0 amide bonds. The van der Waals surface area contributed by atoms with Crippen LogP contribution < -0.4 is 11.1 Å². The molecule has 28 heavy (non-hydrogen) atoms. The number of carbonyl (C=O) groups is 2. The molecule has 140 valence electrons. The average Bonchev–Trinajstić information content (AvgIpc) is 2.68. The van der Waals surface area contributed by atoms with Crippen molar-refractivity contribution >= 4 is 28.6 Å². The monoisotopic (exact) mass is 371 g/mol. The number of carbonyl (C=O) groups excluding carboxylic acids is 2. The van der Waals surface area contributed by atoms with Crippen LogP contribution in [0.4, 0.5) is 17.1 Å². The molecular weight excluding hydrogens is 350 g/mol. The van der Waals surface area contributed by atoms with E-state index < -0.39 is 0 Å². The Balaban J connectivity index is 1.74. The predicted octanol–water partition coefficient (Wildman–Crippen LogP) is 3.85. The van der Waals surface area contributed by atoms with Crippen molar-refractivity contribution in [2.45, 2.75) is 6.54 Å². The summed E-state index contributed by atoms with van der Waals surface area (Å²) in [4.78, 5) is 28.2. The molecule has 5 heteroatoms. The first kappa shape index (κ1) is 17.9. The fourth-order valence-corrected chi connectivity index (χ4v) is 3.57. The second-order valence-corrected chi connectivity index (χ2v) is 7.22. The van der Waals surface area contributed by atoms with Crippen molar-refractivity contribution < 1.29 is 9.59 Å². The molecule has 0 saturated heterocycles. The minimum Gasteiger partial charge on any atom is -0.398 e. The lowest BCUT2D eigenvalue weighted by Crippen LogP contribution is -2.23. The highest BCUT2D eigenvalue weighted by atomic mass is 16.1. The maximum atomic E-state index is 13.1. The molecule has 0 saturated carbocycles. The van der Waals surface area contributed by atoms with Gasteiger partial charge in [-0.05, 0) is 43.9 Å². The summed E-state index contributed by atoms with van der Waals surface area (Å²) in [6.45, 7) is 0.849. The van der Waals surface area contributed by atoms with Gasteiger partial charge in [0.05, 0.1) is 16.8 Å². The number of nitrogens with two attached hydrogens (primary N) is 1. The Bertz CT molecular complexity index is 1090. The van der Waals surface area contributed by atoms with Gasteiger partial charge in [0.1, 0.15) is 0 Å². The van der Waals surface area contributed by atoms with E-state index in [2.05, 4.69) is 10.2 Å². The van der Waals surface area contributed by atoms with Crippen molar-refractivity contribution in [3.63, 3.8) is 0 Å². The molecular formula is C23H21N3O2. The van der Waals surface area contributed by atoms with Gasteiger partial charge in [0, 0.05) is 29.0 Å². The smallest absolute Gasteiger partial charge is 0.196 e. The van der Waals surface area contributed by atoms with Gasteiger partial charge in [-0.1, -0.05) is 36.4 Å². The number of hydrogen-bond donors (Lipinski definition) is 2. The SMILES string of the molecule is CN(C)Cc1ccc(Nc2ccc(N)c3c2C(=O)c2ccccc2C3=O)cc1. The normalized spacial score (nSPS) is 12.7. The average molecular weight is 371 g/mol. The van der Waals surface area contributed by atoms with Gasteiger partial charge in [-0.25, -0.2) is 0 Å². The minimum atomic E-state index is -0.215. The molecule has 4 rings (SSSR count). The van der Waals surface area contributed by atoms with Gasteiger partial charge in [-0.2, -0.15) is 0 Å². The molecule has 0 aromatic heterocycles. The van der Waals surface area contributed by atoms with E-state index in [0.29, 0.717) is 28.1 Å². The van der Waals surface area contributed by atoms with Crippen molar-refractivity contribution in [1.82, 2.24) is 4.90 Å². The molecule has 1 aliphatic carbocycles. The van der Waals surface area contributed by atoms with Crippen molar-refractivity contribution in [1.29, 1.82) is 0 Å². The molecule has 3 N–H and O–H groups in total. The maximum Gasteiger partial charge on any atom is 0.196 e. The van der Waals surface area contributed by atoms with Gasteiger partial charge in [0.2, 0.25) is 0 Å². The summed E-state index contributed by atoms with van der Waals surface area (Å²) in [7, 11) is 4.04. The van der Waals surface area contributed by atoms with Gasteiger partial charge in [0.25, 0.3) is 0 Å². The Labute approximate surface area is 163 Å². The first-order chi connectivity index (χ1) is 13.5. The van der Waals surface area contributed by atoms with E-state index in [1.165, 1.54) is 5.56 Å². The van der Waals surface area contributed by atoms with Crippen molar-refractivity contribution in [2.24, 2.45) is 0 Å². The summed E-state index contributed by atoms with van der Waals surface area (Å²) >= 11 is 0. The number of benzene rings is 3. The molecule has 0 unspecified atom stereocenters. The molecule has 0 radical (unpaired) electrons. The zero-order chi connectivity index (χ0) is 19.8. The molecule has 0 heterocycles. The van der Waals surface area contributed by atoms with Crippen LogP contribution >= 0.6 is 0 Å². The summed E-state index contributed by atoms with van der Waals surface area (Å²) in [5, 5.41) is 3.28. The summed E-state index contributed by atoms with van der Waals surface area (Å²) in [6, 6.07) is 18.3. The van der Waals surface area contributed by atoms with Gasteiger partial charge in [0.15, 0.2) is 11.6 Å². The number of nitrogens with zero attached hydrogens (tertiary/aromatic N) is 1. The van der Waals surface area contributed by atoms with E-state index >= 15 is 0 Å². The first-order valence-electron chi connectivity index (χ1n) is 9.07. The third kappa shape index (κ3) is 3.06. The highest BCUT2D eigenvalue weighted by molar-refractivity contribution is 6.31. The summed E-state index contributed by atoms with van der Waals surface area (Å²) in [5.74, 6) is -0.406. The Morgan fingerprint density at radius 1 is 0.821 bits per heavy atom. The molecule has 0 bridgehead atoms. The van der Waals surface area contributed by atoms with Crippen LogP contribution in [0.2, 0.25) is 0 Å². The molecule has 0 atom stereocenters. The van der Waals surface area contributed by atoms with E-state index in [0.717, 1.165) is 12.2 Å². The van der Waals surface area contributed by atoms with Crippen molar-refractivity contribution in [2.75, 3.05) is 25.1 Å². The number of fused-ring (bicyclic) bond motifs is 2. The van der Waals surface area contributed by atoms with Crippen LogP contribution in [0.5, 0.6) is 0 Å². The van der Waals surface area contributed by atoms with Crippen LogP contribution in [0, 0.1) is 0 Å². The molecule has 0 spiro atoms. The van der Waals surface area contributed by atoms with E-state index in [4.69, 9.17) is 5.73 Å².